The maximum Gasteiger partial charge on any atom is 0.338 e. The normalized spacial score (nSPS) is 14.8. The second kappa shape index (κ2) is 9.80. The number of esters is 1. The van der Waals surface area contributed by atoms with Gasteiger partial charge in [-0.05, 0) is 6.07 Å². The molecule has 1 aliphatic heterocycles. The van der Waals surface area contributed by atoms with Gasteiger partial charge in [-0.2, -0.15) is 0 Å². The summed E-state index contributed by atoms with van der Waals surface area (Å²) < 4.78 is 15.6. The van der Waals surface area contributed by atoms with Crippen molar-refractivity contribution in [3.05, 3.63) is 39.4 Å². The maximum atomic E-state index is 12.0. The van der Waals surface area contributed by atoms with Gasteiger partial charge in [0.15, 0.2) is 0 Å². The molecule has 1 saturated heterocycles. The Kier molecular flexibility index (Phi) is 7.45. The van der Waals surface area contributed by atoms with Crippen molar-refractivity contribution in [1.82, 2.24) is 4.90 Å². The molecule has 0 aliphatic carbocycles. The highest BCUT2D eigenvalue weighted by molar-refractivity contribution is 5.95. The minimum absolute atomic E-state index is 0.0347. The van der Waals surface area contributed by atoms with E-state index in [-0.39, 0.29) is 24.3 Å². The summed E-state index contributed by atoms with van der Waals surface area (Å²) in [7, 11) is 0. The second-order valence-electron chi connectivity index (χ2n) is 5.53. The molecule has 1 aromatic carbocycles. The lowest BCUT2D eigenvalue weighted by Gasteiger charge is -2.26. The maximum absolute atomic E-state index is 12.0. The molecule has 10 heteroatoms. The van der Waals surface area contributed by atoms with Gasteiger partial charge in [-0.3, -0.25) is 15.0 Å². The van der Waals surface area contributed by atoms with E-state index in [9.17, 15) is 19.7 Å². The quantitative estimate of drug-likeness (QED) is 0.291. The zero-order valence-corrected chi connectivity index (χ0v) is 14.1. The van der Waals surface area contributed by atoms with Gasteiger partial charge in [0.05, 0.1) is 42.5 Å². The van der Waals surface area contributed by atoms with Crippen LogP contribution in [-0.2, 0) is 14.2 Å². The van der Waals surface area contributed by atoms with Crippen LogP contribution in [0.1, 0.15) is 20.7 Å². The molecule has 2 rings (SSSR count). The van der Waals surface area contributed by atoms with Gasteiger partial charge in [-0.15, -0.1) is 0 Å². The van der Waals surface area contributed by atoms with Gasteiger partial charge in [-0.25, -0.2) is 9.59 Å². The number of nitrogens with zero attached hydrogens (tertiary/aromatic N) is 2. The van der Waals surface area contributed by atoms with E-state index >= 15 is 0 Å². The van der Waals surface area contributed by atoms with Crippen LogP contribution in [0.2, 0.25) is 0 Å². The standard InChI is InChI=1S/C16H20N2O8/c19-15(20)12-9-13(11-14(10-12)18(22)23)16(21)26-8-7-25-6-3-17-1-4-24-5-2-17/h9-11H,1-8H2,(H,19,20). The van der Waals surface area contributed by atoms with Gasteiger partial charge >= 0.3 is 11.9 Å². The SMILES string of the molecule is O=C(O)c1cc(C(=O)OCCOCCN2CCOCC2)cc([N+](=O)[O-])c1. The number of carbonyl (C=O) groups is 2. The van der Waals surface area contributed by atoms with E-state index in [2.05, 4.69) is 4.90 Å². The van der Waals surface area contributed by atoms with Crippen LogP contribution in [0.25, 0.3) is 0 Å². The average Bonchev–Trinajstić information content (AvgIpc) is 2.64. The molecular formula is C16H20N2O8. The van der Waals surface area contributed by atoms with E-state index in [0.29, 0.717) is 19.8 Å². The number of carboxylic acid groups (broad SMARTS) is 1. The number of rotatable bonds is 9. The Morgan fingerprint density at radius 3 is 2.50 bits per heavy atom. The number of hydrogen-bond acceptors (Lipinski definition) is 8. The number of morpholine rings is 1. The van der Waals surface area contributed by atoms with Crippen molar-refractivity contribution in [1.29, 1.82) is 0 Å². The Morgan fingerprint density at radius 1 is 1.15 bits per heavy atom. The number of hydrogen-bond donors (Lipinski definition) is 1. The molecule has 0 radical (unpaired) electrons. The highest BCUT2D eigenvalue weighted by Crippen LogP contribution is 2.18. The van der Waals surface area contributed by atoms with Crippen molar-refractivity contribution < 1.29 is 33.8 Å². The molecule has 0 unspecified atom stereocenters. The number of nitro groups is 1. The van der Waals surface area contributed by atoms with Crippen LogP contribution in [0, 0.1) is 10.1 Å². The number of carboxylic acids is 1. The summed E-state index contributed by atoms with van der Waals surface area (Å²) in [5.74, 6) is -2.21. The summed E-state index contributed by atoms with van der Waals surface area (Å²) in [6.45, 7) is 4.51. The van der Waals surface area contributed by atoms with Crippen molar-refractivity contribution >= 4 is 17.6 Å². The lowest BCUT2D eigenvalue weighted by atomic mass is 10.1. The molecule has 0 atom stereocenters. The largest absolute Gasteiger partial charge is 0.478 e. The summed E-state index contributed by atoms with van der Waals surface area (Å²) >= 11 is 0. The molecule has 0 aromatic heterocycles. The molecule has 1 aliphatic rings. The number of ether oxygens (including phenoxy) is 3. The van der Waals surface area contributed by atoms with E-state index in [1.54, 1.807) is 0 Å². The lowest BCUT2D eigenvalue weighted by Crippen LogP contribution is -2.38. The minimum Gasteiger partial charge on any atom is -0.478 e. The zero-order valence-electron chi connectivity index (χ0n) is 14.1. The Morgan fingerprint density at radius 2 is 1.85 bits per heavy atom. The van der Waals surface area contributed by atoms with E-state index in [1.165, 1.54) is 0 Å². The molecule has 1 heterocycles. The molecular weight excluding hydrogens is 348 g/mol. The van der Waals surface area contributed by atoms with E-state index < -0.39 is 22.5 Å². The number of carbonyl (C=O) groups excluding carboxylic acids is 1. The van der Waals surface area contributed by atoms with E-state index in [0.717, 1.165) is 37.8 Å². The first kappa shape index (κ1) is 19.8. The molecule has 10 nitrogen and oxygen atoms in total. The van der Waals surface area contributed by atoms with Gasteiger partial charge < -0.3 is 19.3 Å². The van der Waals surface area contributed by atoms with Crippen molar-refractivity contribution in [2.45, 2.75) is 0 Å². The Balaban J connectivity index is 1.76. The molecule has 0 amide bonds. The molecule has 26 heavy (non-hydrogen) atoms. The predicted molar refractivity (Wildman–Crippen MR) is 88.4 cm³/mol. The van der Waals surface area contributed by atoms with Crippen molar-refractivity contribution in [2.24, 2.45) is 0 Å². The van der Waals surface area contributed by atoms with Crippen LogP contribution in [0.4, 0.5) is 5.69 Å². The lowest BCUT2D eigenvalue weighted by molar-refractivity contribution is -0.384. The van der Waals surface area contributed by atoms with E-state index in [4.69, 9.17) is 19.3 Å². The molecule has 1 fully saturated rings. The van der Waals surface area contributed by atoms with Gasteiger partial charge in [0, 0.05) is 31.8 Å². The van der Waals surface area contributed by atoms with E-state index in [1.807, 2.05) is 0 Å². The smallest absolute Gasteiger partial charge is 0.338 e. The van der Waals surface area contributed by atoms with Crippen LogP contribution in [-0.4, -0.2) is 79.5 Å². The fourth-order valence-corrected chi connectivity index (χ4v) is 2.36. The zero-order chi connectivity index (χ0) is 18.9. The first-order valence-corrected chi connectivity index (χ1v) is 8.05. The number of aromatic carboxylic acids is 1. The van der Waals surface area contributed by atoms with Crippen LogP contribution >= 0.6 is 0 Å². The first-order valence-electron chi connectivity index (χ1n) is 8.05. The van der Waals surface area contributed by atoms with Crippen LogP contribution in [0.5, 0.6) is 0 Å². The number of non-ortho nitro benzene ring substituents is 1. The monoisotopic (exact) mass is 368 g/mol. The molecule has 1 aromatic rings. The molecule has 0 spiro atoms. The summed E-state index contributed by atoms with van der Waals surface area (Å²) in [5.41, 5.74) is -1.03. The van der Waals surface area contributed by atoms with Gasteiger partial charge in [-0.1, -0.05) is 0 Å². The first-order chi connectivity index (χ1) is 12.5. The highest BCUT2D eigenvalue weighted by Gasteiger charge is 2.18. The highest BCUT2D eigenvalue weighted by atomic mass is 16.6. The number of benzene rings is 1. The summed E-state index contributed by atoms with van der Waals surface area (Å²) in [4.78, 5) is 35.2. The Hall–Kier alpha value is -2.56. The minimum atomic E-state index is -1.37. The van der Waals surface area contributed by atoms with Crippen molar-refractivity contribution in [2.75, 3.05) is 52.7 Å². The van der Waals surface area contributed by atoms with Gasteiger partial charge in [0.1, 0.15) is 6.61 Å². The van der Waals surface area contributed by atoms with Crippen LogP contribution in [0.15, 0.2) is 18.2 Å². The third kappa shape index (κ3) is 6.06. The fraction of sp³-hybridized carbons (Fsp3) is 0.500. The Labute approximate surface area is 149 Å². The third-order valence-electron chi connectivity index (χ3n) is 3.73. The topological polar surface area (TPSA) is 128 Å². The Bertz CT molecular complexity index is 625. The second-order valence-corrected chi connectivity index (χ2v) is 5.53. The van der Waals surface area contributed by atoms with Crippen LogP contribution < -0.4 is 0 Å². The third-order valence-corrected chi connectivity index (χ3v) is 3.73. The number of nitro benzene ring substituents is 1. The molecule has 1 N–H and O–H groups in total. The summed E-state index contributed by atoms with van der Waals surface area (Å²) in [6.07, 6.45) is 0. The summed E-state index contributed by atoms with van der Waals surface area (Å²) in [6, 6.07) is 2.90. The summed E-state index contributed by atoms with van der Waals surface area (Å²) in [5, 5.41) is 19.8. The molecule has 142 valence electrons. The molecule has 0 saturated carbocycles. The predicted octanol–water partition coefficient (Wildman–Crippen LogP) is 0.799. The van der Waals surface area contributed by atoms with Crippen molar-refractivity contribution in [3.63, 3.8) is 0 Å². The fourth-order valence-electron chi connectivity index (χ4n) is 2.36. The average molecular weight is 368 g/mol. The van der Waals surface area contributed by atoms with Gasteiger partial charge in [0.25, 0.3) is 5.69 Å². The van der Waals surface area contributed by atoms with Gasteiger partial charge in [0.2, 0.25) is 0 Å². The molecule has 0 bridgehead atoms. The van der Waals surface area contributed by atoms with Crippen molar-refractivity contribution in [3.8, 4) is 0 Å². The van der Waals surface area contributed by atoms with Crippen LogP contribution in [0.3, 0.4) is 0 Å².